The maximum Gasteiger partial charge on any atom is 0.268 e. The Labute approximate surface area is 191 Å². The Bertz CT molecular complexity index is 1180. The molecule has 0 aliphatic heterocycles. The first-order valence-corrected chi connectivity index (χ1v) is 11.4. The van der Waals surface area contributed by atoms with Crippen molar-refractivity contribution in [2.24, 2.45) is 0 Å². The number of amides is 1. The van der Waals surface area contributed by atoms with Gasteiger partial charge in [0.05, 0.1) is 12.8 Å². The van der Waals surface area contributed by atoms with Gasteiger partial charge in [0, 0.05) is 15.7 Å². The minimum absolute atomic E-state index is 0.0301. The van der Waals surface area contributed by atoms with Gasteiger partial charge in [0.15, 0.2) is 0 Å². The molecule has 0 aliphatic rings. The Kier molecular flexibility index (Phi) is 7.10. The van der Waals surface area contributed by atoms with E-state index in [1.165, 1.54) is 31.4 Å². The van der Waals surface area contributed by atoms with Crippen molar-refractivity contribution in [1.82, 2.24) is 0 Å². The molecule has 3 aromatic carbocycles. The standard InChI is InChI=1S/C22H20Cl2N2O4S/c1-15-8-9-20(30-2)21(10-15)31(28,29)26(19-6-4-3-5-7-19)14-22(27)25-18-12-16(23)11-17(24)13-18/h3-13H,14H2,1-2H3,(H,25,27). The van der Waals surface area contributed by atoms with Crippen molar-refractivity contribution in [3.8, 4) is 5.75 Å². The summed E-state index contributed by atoms with van der Waals surface area (Å²) in [7, 11) is -2.73. The second-order valence-corrected chi connectivity index (χ2v) is 9.41. The fraction of sp³-hybridized carbons (Fsp3) is 0.136. The molecule has 0 heterocycles. The maximum atomic E-state index is 13.6. The van der Waals surface area contributed by atoms with Gasteiger partial charge in [-0.15, -0.1) is 0 Å². The van der Waals surface area contributed by atoms with Crippen LogP contribution >= 0.6 is 23.2 Å². The number of para-hydroxylation sites is 1. The lowest BCUT2D eigenvalue weighted by Crippen LogP contribution is -2.38. The Hall–Kier alpha value is -2.74. The Morgan fingerprint density at radius 1 is 1.00 bits per heavy atom. The molecule has 6 nitrogen and oxygen atoms in total. The summed E-state index contributed by atoms with van der Waals surface area (Å²) in [4.78, 5) is 12.8. The number of anilines is 2. The van der Waals surface area contributed by atoms with Gasteiger partial charge in [-0.25, -0.2) is 8.42 Å². The predicted molar refractivity (Wildman–Crippen MR) is 124 cm³/mol. The van der Waals surface area contributed by atoms with Gasteiger partial charge in [-0.3, -0.25) is 9.10 Å². The molecule has 0 aliphatic carbocycles. The van der Waals surface area contributed by atoms with Crippen LogP contribution in [0.2, 0.25) is 10.0 Å². The van der Waals surface area contributed by atoms with Crippen LogP contribution in [0.3, 0.4) is 0 Å². The quantitative estimate of drug-likeness (QED) is 0.509. The van der Waals surface area contributed by atoms with Crippen molar-refractivity contribution >= 4 is 50.5 Å². The Balaban J connectivity index is 1.99. The highest BCUT2D eigenvalue weighted by atomic mass is 35.5. The molecule has 9 heteroatoms. The molecule has 0 bridgehead atoms. The van der Waals surface area contributed by atoms with Crippen molar-refractivity contribution in [3.05, 3.63) is 82.3 Å². The number of hydrogen-bond acceptors (Lipinski definition) is 4. The number of sulfonamides is 1. The van der Waals surface area contributed by atoms with Gasteiger partial charge in [0.25, 0.3) is 10.0 Å². The normalized spacial score (nSPS) is 11.1. The van der Waals surface area contributed by atoms with Gasteiger partial charge in [-0.05, 0) is 55.0 Å². The summed E-state index contributed by atoms with van der Waals surface area (Å²) in [6.45, 7) is 1.31. The number of halogens is 2. The molecule has 3 aromatic rings. The van der Waals surface area contributed by atoms with E-state index in [-0.39, 0.29) is 10.6 Å². The Morgan fingerprint density at radius 2 is 1.65 bits per heavy atom. The monoisotopic (exact) mass is 478 g/mol. The predicted octanol–water partition coefficient (Wildman–Crippen LogP) is 5.14. The lowest BCUT2D eigenvalue weighted by molar-refractivity contribution is -0.114. The zero-order valence-electron chi connectivity index (χ0n) is 16.8. The number of rotatable bonds is 7. The average molecular weight is 479 g/mol. The number of aryl methyl sites for hydroxylation is 1. The van der Waals surface area contributed by atoms with Crippen LogP contribution in [0.25, 0.3) is 0 Å². The van der Waals surface area contributed by atoms with Gasteiger partial charge in [0.2, 0.25) is 5.91 Å². The molecular weight excluding hydrogens is 459 g/mol. The zero-order valence-corrected chi connectivity index (χ0v) is 19.1. The highest BCUT2D eigenvalue weighted by Crippen LogP contribution is 2.31. The topological polar surface area (TPSA) is 75.7 Å². The molecule has 0 saturated heterocycles. The number of ether oxygens (including phenoxy) is 1. The molecule has 0 spiro atoms. The second-order valence-electron chi connectivity index (χ2n) is 6.71. The van der Waals surface area contributed by atoms with Crippen molar-refractivity contribution < 1.29 is 17.9 Å². The fourth-order valence-electron chi connectivity index (χ4n) is 2.97. The molecule has 162 valence electrons. The largest absolute Gasteiger partial charge is 0.495 e. The maximum absolute atomic E-state index is 13.6. The minimum atomic E-state index is -4.13. The fourth-order valence-corrected chi connectivity index (χ4v) is 5.16. The number of hydrogen-bond donors (Lipinski definition) is 1. The number of carbonyl (C=O) groups is 1. The number of benzene rings is 3. The van der Waals surface area contributed by atoms with Gasteiger partial charge in [-0.2, -0.15) is 0 Å². The van der Waals surface area contributed by atoms with Crippen LogP contribution in [0.4, 0.5) is 11.4 Å². The van der Waals surface area contributed by atoms with E-state index in [9.17, 15) is 13.2 Å². The molecular formula is C22H20Cl2N2O4S. The van der Waals surface area contributed by atoms with Gasteiger partial charge in [-0.1, -0.05) is 47.5 Å². The Morgan fingerprint density at radius 3 is 2.26 bits per heavy atom. The van der Waals surface area contributed by atoms with Crippen LogP contribution in [-0.2, 0) is 14.8 Å². The van der Waals surface area contributed by atoms with E-state index in [0.29, 0.717) is 21.4 Å². The van der Waals surface area contributed by atoms with E-state index in [2.05, 4.69) is 5.32 Å². The highest BCUT2D eigenvalue weighted by Gasteiger charge is 2.30. The number of nitrogens with one attached hydrogen (secondary N) is 1. The molecule has 0 atom stereocenters. The first-order valence-electron chi connectivity index (χ1n) is 9.19. The van der Waals surface area contributed by atoms with Gasteiger partial charge < -0.3 is 10.1 Å². The van der Waals surface area contributed by atoms with Crippen LogP contribution in [0, 0.1) is 6.92 Å². The average Bonchev–Trinajstić information content (AvgIpc) is 2.71. The second kappa shape index (κ2) is 9.60. The summed E-state index contributed by atoms with van der Waals surface area (Å²) in [6, 6.07) is 17.8. The minimum Gasteiger partial charge on any atom is -0.495 e. The van der Waals surface area contributed by atoms with Gasteiger partial charge in [0.1, 0.15) is 17.2 Å². The first-order chi connectivity index (χ1) is 14.7. The summed E-state index contributed by atoms with van der Waals surface area (Å²) in [5, 5.41) is 3.34. The van der Waals surface area contributed by atoms with E-state index in [0.717, 1.165) is 9.87 Å². The van der Waals surface area contributed by atoms with E-state index in [1.807, 2.05) is 0 Å². The first kappa shape index (κ1) is 22.9. The van der Waals surface area contributed by atoms with Crippen LogP contribution in [0.5, 0.6) is 5.75 Å². The lowest BCUT2D eigenvalue weighted by atomic mass is 10.2. The number of methoxy groups -OCH3 is 1. The van der Waals surface area contributed by atoms with E-state index in [1.54, 1.807) is 49.4 Å². The third-order valence-corrected chi connectivity index (χ3v) is 6.60. The molecule has 0 saturated carbocycles. The van der Waals surface area contributed by atoms with E-state index in [4.69, 9.17) is 27.9 Å². The van der Waals surface area contributed by atoms with E-state index < -0.39 is 22.5 Å². The summed E-state index contributed by atoms with van der Waals surface area (Å²) < 4.78 is 33.5. The molecule has 31 heavy (non-hydrogen) atoms. The number of carbonyl (C=O) groups excluding carboxylic acids is 1. The summed E-state index contributed by atoms with van der Waals surface area (Å²) in [5.41, 5.74) is 1.44. The van der Waals surface area contributed by atoms with Crippen LogP contribution in [0.15, 0.2) is 71.6 Å². The van der Waals surface area contributed by atoms with Gasteiger partial charge >= 0.3 is 0 Å². The van der Waals surface area contributed by atoms with Crippen LogP contribution < -0.4 is 14.4 Å². The summed E-state index contributed by atoms with van der Waals surface area (Å²) >= 11 is 12.0. The van der Waals surface area contributed by atoms with Crippen molar-refractivity contribution in [2.45, 2.75) is 11.8 Å². The molecule has 1 N–H and O–H groups in total. The third kappa shape index (κ3) is 5.50. The highest BCUT2D eigenvalue weighted by molar-refractivity contribution is 7.93. The molecule has 0 radical (unpaired) electrons. The summed E-state index contributed by atoms with van der Waals surface area (Å²) in [5.74, 6) is -0.369. The molecule has 3 rings (SSSR count). The summed E-state index contributed by atoms with van der Waals surface area (Å²) in [6.07, 6.45) is 0. The van der Waals surface area contributed by atoms with Crippen molar-refractivity contribution in [2.75, 3.05) is 23.3 Å². The zero-order chi connectivity index (χ0) is 22.6. The third-order valence-electron chi connectivity index (χ3n) is 4.36. The van der Waals surface area contributed by atoms with Crippen molar-refractivity contribution in [3.63, 3.8) is 0 Å². The SMILES string of the molecule is COc1ccc(C)cc1S(=O)(=O)N(CC(=O)Nc1cc(Cl)cc(Cl)c1)c1ccccc1. The molecule has 1 amide bonds. The molecule has 0 unspecified atom stereocenters. The van der Waals surface area contributed by atoms with E-state index >= 15 is 0 Å². The lowest BCUT2D eigenvalue weighted by Gasteiger charge is -2.25. The smallest absolute Gasteiger partial charge is 0.268 e. The molecule has 0 fully saturated rings. The van der Waals surface area contributed by atoms with Crippen molar-refractivity contribution in [1.29, 1.82) is 0 Å². The van der Waals surface area contributed by atoms with Crippen LogP contribution in [-0.4, -0.2) is 28.0 Å². The molecule has 0 aromatic heterocycles. The van der Waals surface area contributed by atoms with Crippen LogP contribution in [0.1, 0.15) is 5.56 Å². The number of nitrogens with zero attached hydrogens (tertiary/aromatic N) is 1.